The molecule has 1 N–H and O–H groups in total. The Kier molecular flexibility index (Phi) is 41.0. The van der Waals surface area contributed by atoms with Crippen molar-refractivity contribution in [3.8, 4) is 0 Å². The molecule has 0 aliphatic carbocycles. The van der Waals surface area contributed by atoms with Crippen LogP contribution in [0.15, 0.2) is 36.5 Å². The Balaban J connectivity index is 3.90. The Morgan fingerprint density at radius 1 is 0.451 bits per heavy atom. The molecule has 298 valence electrons. The summed E-state index contributed by atoms with van der Waals surface area (Å²) in [4.78, 5) is 23.4. The fourth-order valence-corrected chi connectivity index (χ4v) is 6.71. The van der Waals surface area contributed by atoms with Gasteiger partial charge < -0.3 is 9.84 Å². The van der Waals surface area contributed by atoms with Gasteiger partial charge in [-0.25, -0.2) is 0 Å². The number of esters is 1. The third kappa shape index (κ3) is 42.5. The molecule has 4 heteroatoms. The first-order valence-electron chi connectivity index (χ1n) is 22.5. The second-order valence-electron chi connectivity index (χ2n) is 15.2. The van der Waals surface area contributed by atoms with Crippen molar-refractivity contribution in [2.75, 3.05) is 0 Å². The average Bonchev–Trinajstić information content (AvgIpc) is 3.12. The molecule has 0 aliphatic rings. The molecule has 0 rings (SSSR count). The number of hydrogen-bond donors (Lipinski definition) is 1. The van der Waals surface area contributed by atoms with Gasteiger partial charge in [-0.1, -0.05) is 192 Å². The van der Waals surface area contributed by atoms with Crippen LogP contribution in [-0.4, -0.2) is 23.1 Å². The van der Waals surface area contributed by atoms with E-state index < -0.39 is 5.97 Å². The van der Waals surface area contributed by atoms with Gasteiger partial charge in [-0.3, -0.25) is 9.59 Å². The Bertz CT molecular complexity index is 813. The van der Waals surface area contributed by atoms with E-state index in [2.05, 4.69) is 50.3 Å². The van der Waals surface area contributed by atoms with Crippen LogP contribution in [0.2, 0.25) is 0 Å². The fourth-order valence-electron chi connectivity index (χ4n) is 6.71. The van der Waals surface area contributed by atoms with E-state index in [0.29, 0.717) is 6.42 Å². The van der Waals surface area contributed by atoms with Crippen LogP contribution in [0, 0.1) is 0 Å². The van der Waals surface area contributed by atoms with Crippen LogP contribution in [0.5, 0.6) is 0 Å². The van der Waals surface area contributed by atoms with Gasteiger partial charge in [0.25, 0.3) is 0 Å². The van der Waals surface area contributed by atoms with Crippen LogP contribution in [0.4, 0.5) is 0 Å². The van der Waals surface area contributed by atoms with E-state index in [-0.39, 0.29) is 18.5 Å². The molecule has 0 radical (unpaired) electrons. The predicted molar refractivity (Wildman–Crippen MR) is 222 cm³/mol. The lowest BCUT2D eigenvalue weighted by Crippen LogP contribution is -2.16. The van der Waals surface area contributed by atoms with Gasteiger partial charge in [0.1, 0.15) is 6.10 Å². The van der Waals surface area contributed by atoms with Crippen molar-refractivity contribution in [1.82, 2.24) is 0 Å². The minimum Gasteiger partial charge on any atom is -0.481 e. The number of aliphatic carboxylic acids is 1. The number of carboxylic acids is 1. The maximum atomic E-state index is 12.7. The number of carbonyl (C=O) groups is 2. The zero-order valence-electron chi connectivity index (χ0n) is 34.2. The van der Waals surface area contributed by atoms with Crippen LogP contribution >= 0.6 is 0 Å². The minimum atomic E-state index is -0.698. The Hall–Kier alpha value is -1.84. The van der Waals surface area contributed by atoms with E-state index in [1.165, 1.54) is 148 Å². The van der Waals surface area contributed by atoms with Gasteiger partial charge in [0.15, 0.2) is 0 Å². The van der Waals surface area contributed by atoms with Gasteiger partial charge in [0.2, 0.25) is 0 Å². The molecule has 0 aromatic carbocycles. The maximum absolute atomic E-state index is 12.7. The zero-order chi connectivity index (χ0) is 37.1. The lowest BCUT2D eigenvalue weighted by atomic mass is 10.0. The summed E-state index contributed by atoms with van der Waals surface area (Å²) in [5.74, 6) is -0.735. The van der Waals surface area contributed by atoms with Crippen molar-refractivity contribution in [3.05, 3.63) is 36.5 Å². The summed E-state index contributed by atoms with van der Waals surface area (Å²) in [6.45, 7) is 4.54. The SMILES string of the molecule is CCCCCCC/C=C\C/C=C\CCCCCCCCCCCCCC(=O)OC(/C=C\CCCCCCCCC)CCCCCCCCC(=O)O. The summed E-state index contributed by atoms with van der Waals surface area (Å²) in [5.41, 5.74) is 0. The van der Waals surface area contributed by atoms with Crippen molar-refractivity contribution < 1.29 is 19.4 Å². The third-order valence-electron chi connectivity index (χ3n) is 10.1. The van der Waals surface area contributed by atoms with E-state index in [0.717, 1.165) is 70.6 Å². The van der Waals surface area contributed by atoms with E-state index >= 15 is 0 Å². The standard InChI is InChI=1S/C47H86O4/c1-3-5-7-9-11-13-14-15-16-17-18-19-20-21-22-23-24-25-26-28-30-36-40-44-47(50)51-45(41-37-33-29-27-12-10-8-6-4-2)42-38-34-31-32-35-39-43-46(48)49/h14-15,17-18,37,41,45H,3-13,16,19-36,38-40,42-44H2,1-2H3,(H,48,49)/b15-14-,18-17-,41-37-. The monoisotopic (exact) mass is 715 g/mol. The molecule has 0 aromatic rings. The lowest BCUT2D eigenvalue weighted by Gasteiger charge is -2.15. The third-order valence-corrected chi connectivity index (χ3v) is 10.1. The molecule has 0 saturated heterocycles. The minimum absolute atomic E-state index is 0.0370. The highest BCUT2D eigenvalue weighted by Crippen LogP contribution is 2.17. The first kappa shape index (κ1) is 49.2. The molecular formula is C47H86O4. The number of hydrogen-bond acceptors (Lipinski definition) is 3. The molecule has 4 nitrogen and oxygen atoms in total. The zero-order valence-corrected chi connectivity index (χ0v) is 34.2. The Morgan fingerprint density at radius 2 is 0.824 bits per heavy atom. The summed E-state index contributed by atoms with van der Waals surface area (Å²) in [5, 5.41) is 8.79. The first-order valence-corrected chi connectivity index (χ1v) is 22.5. The fraction of sp³-hybridized carbons (Fsp3) is 0.830. The van der Waals surface area contributed by atoms with Gasteiger partial charge >= 0.3 is 11.9 Å². The molecule has 0 aromatic heterocycles. The van der Waals surface area contributed by atoms with Crippen LogP contribution in [0.3, 0.4) is 0 Å². The number of carbonyl (C=O) groups excluding carboxylic acids is 1. The maximum Gasteiger partial charge on any atom is 0.306 e. The molecular weight excluding hydrogens is 629 g/mol. The number of rotatable bonds is 41. The normalized spacial score (nSPS) is 12.5. The second kappa shape index (κ2) is 42.6. The quantitative estimate of drug-likeness (QED) is 0.0389. The highest BCUT2D eigenvalue weighted by atomic mass is 16.5. The van der Waals surface area contributed by atoms with Crippen LogP contribution in [0.25, 0.3) is 0 Å². The van der Waals surface area contributed by atoms with E-state index in [4.69, 9.17) is 9.84 Å². The van der Waals surface area contributed by atoms with Gasteiger partial charge in [0.05, 0.1) is 0 Å². The molecule has 0 aliphatic heterocycles. The molecule has 0 amide bonds. The second-order valence-corrected chi connectivity index (χ2v) is 15.2. The molecule has 0 fully saturated rings. The van der Waals surface area contributed by atoms with Crippen molar-refractivity contribution in [1.29, 1.82) is 0 Å². The number of allylic oxidation sites excluding steroid dienone is 5. The molecule has 0 heterocycles. The van der Waals surface area contributed by atoms with Crippen LogP contribution in [-0.2, 0) is 14.3 Å². The van der Waals surface area contributed by atoms with E-state index in [9.17, 15) is 9.59 Å². The number of unbranched alkanes of at least 4 members (excludes halogenated alkanes) is 28. The first-order chi connectivity index (χ1) is 25.1. The highest BCUT2D eigenvalue weighted by molar-refractivity contribution is 5.69. The largest absolute Gasteiger partial charge is 0.481 e. The Labute approximate surface area is 318 Å². The Morgan fingerprint density at radius 3 is 1.27 bits per heavy atom. The molecule has 0 saturated carbocycles. The van der Waals surface area contributed by atoms with Crippen LogP contribution in [0.1, 0.15) is 245 Å². The number of ether oxygens (including phenoxy) is 1. The molecule has 0 bridgehead atoms. The predicted octanol–water partition coefficient (Wildman–Crippen LogP) is 15.7. The topological polar surface area (TPSA) is 63.6 Å². The van der Waals surface area contributed by atoms with Gasteiger partial charge in [0, 0.05) is 12.8 Å². The van der Waals surface area contributed by atoms with Gasteiger partial charge in [-0.05, 0) is 76.7 Å². The summed E-state index contributed by atoms with van der Waals surface area (Å²) in [6, 6.07) is 0. The average molecular weight is 715 g/mol. The summed E-state index contributed by atoms with van der Waals surface area (Å²) >= 11 is 0. The molecule has 0 spiro atoms. The smallest absolute Gasteiger partial charge is 0.306 e. The summed E-state index contributed by atoms with van der Waals surface area (Å²) < 4.78 is 5.95. The van der Waals surface area contributed by atoms with Crippen molar-refractivity contribution in [2.24, 2.45) is 0 Å². The van der Waals surface area contributed by atoms with Crippen molar-refractivity contribution in [3.63, 3.8) is 0 Å². The van der Waals surface area contributed by atoms with Gasteiger partial charge in [-0.2, -0.15) is 0 Å². The highest BCUT2D eigenvalue weighted by Gasteiger charge is 2.11. The molecule has 1 unspecified atom stereocenters. The summed E-state index contributed by atoms with van der Waals surface area (Å²) in [7, 11) is 0. The van der Waals surface area contributed by atoms with E-state index in [1.54, 1.807) is 0 Å². The van der Waals surface area contributed by atoms with Crippen molar-refractivity contribution >= 4 is 11.9 Å². The van der Waals surface area contributed by atoms with Gasteiger partial charge in [-0.15, -0.1) is 0 Å². The lowest BCUT2D eigenvalue weighted by molar-refractivity contribution is -0.147. The summed E-state index contributed by atoms with van der Waals surface area (Å²) in [6.07, 6.45) is 56.3. The van der Waals surface area contributed by atoms with Crippen molar-refractivity contribution in [2.45, 2.75) is 251 Å². The van der Waals surface area contributed by atoms with Crippen LogP contribution < -0.4 is 0 Å². The van der Waals surface area contributed by atoms with E-state index in [1.807, 2.05) is 0 Å². The molecule has 1 atom stereocenters. The number of carboxylic acid groups (broad SMARTS) is 1. The molecule has 51 heavy (non-hydrogen) atoms.